The number of rotatable bonds is 4. The third-order valence-electron chi connectivity index (χ3n) is 2.36. The Labute approximate surface area is 115 Å². The molecule has 0 bridgehead atoms. The second-order valence-corrected chi connectivity index (χ2v) is 4.11. The third-order valence-corrected chi connectivity index (χ3v) is 2.68. The molecule has 0 aliphatic rings. The fourth-order valence-electron chi connectivity index (χ4n) is 1.35. The normalized spacial score (nSPS) is 11.2. The number of carboxylic acids is 1. The quantitative estimate of drug-likeness (QED) is 0.787. The first-order valence-corrected chi connectivity index (χ1v) is 5.85. The van der Waals surface area contributed by atoms with Gasteiger partial charge in [-0.1, -0.05) is 18.5 Å². The van der Waals surface area contributed by atoms with E-state index in [9.17, 15) is 9.59 Å². The van der Waals surface area contributed by atoms with E-state index in [1.807, 2.05) is 6.07 Å². The molecule has 0 radical (unpaired) electrons. The van der Waals surface area contributed by atoms with Gasteiger partial charge in [0.1, 0.15) is 6.04 Å². The molecule has 19 heavy (non-hydrogen) atoms. The zero-order valence-corrected chi connectivity index (χ0v) is 10.9. The zero-order chi connectivity index (χ0) is 14.4. The van der Waals surface area contributed by atoms with Gasteiger partial charge in [-0.15, -0.1) is 0 Å². The fourth-order valence-corrected chi connectivity index (χ4v) is 1.51. The number of benzene rings is 1. The number of carboxylic acid groups (broad SMARTS) is 1. The van der Waals surface area contributed by atoms with E-state index in [1.165, 1.54) is 18.2 Å². The molecular weight excluding hydrogens is 270 g/mol. The summed E-state index contributed by atoms with van der Waals surface area (Å²) in [6, 6.07) is 4.64. The van der Waals surface area contributed by atoms with E-state index < -0.39 is 18.0 Å². The van der Waals surface area contributed by atoms with Crippen molar-refractivity contribution in [3.05, 3.63) is 28.8 Å². The molecule has 0 spiro atoms. The first-order chi connectivity index (χ1) is 8.97. The van der Waals surface area contributed by atoms with E-state index in [0.717, 1.165) is 0 Å². The standard InChI is InChI=1S/C12H12ClN3O3/c1-2-9(11(17)18)15-12(19)16-10-5-7(6-14)3-4-8(10)13/h3-5,9H,2H2,1H3,(H,17,18)(H2,15,16,19)/t9-/m1/s1. The number of carbonyl (C=O) groups excluding carboxylic acids is 1. The van der Waals surface area contributed by atoms with Crippen LogP contribution in [0.25, 0.3) is 0 Å². The molecular formula is C12H12ClN3O3. The van der Waals surface area contributed by atoms with Crippen LogP contribution in [0.1, 0.15) is 18.9 Å². The molecule has 0 heterocycles. The monoisotopic (exact) mass is 281 g/mol. The predicted octanol–water partition coefficient (Wildman–Crippen LogP) is 2.20. The summed E-state index contributed by atoms with van der Waals surface area (Å²) in [7, 11) is 0. The molecule has 0 unspecified atom stereocenters. The highest BCUT2D eigenvalue weighted by Crippen LogP contribution is 2.22. The molecule has 1 rings (SSSR count). The largest absolute Gasteiger partial charge is 0.480 e. The number of anilines is 1. The van der Waals surface area contributed by atoms with E-state index in [2.05, 4.69) is 10.6 Å². The van der Waals surface area contributed by atoms with Crippen LogP contribution >= 0.6 is 11.6 Å². The summed E-state index contributed by atoms with van der Waals surface area (Å²) in [4.78, 5) is 22.4. The Morgan fingerprint density at radius 1 is 1.53 bits per heavy atom. The van der Waals surface area contributed by atoms with Crippen LogP contribution in [0.3, 0.4) is 0 Å². The van der Waals surface area contributed by atoms with Gasteiger partial charge in [0.05, 0.1) is 22.3 Å². The van der Waals surface area contributed by atoms with Crippen LogP contribution < -0.4 is 10.6 Å². The maximum atomic E-state index is 11.6. The van der Waals surface area contributed by atoms with Crippen molar-refractivity contribution in [2.45, 2.75) is 19.4 Å². The number of hydrogen-bond acceptors (Lipinski definition) is 3. The van der Waals surface area contributed by atoms with E-state index in [4.69, 9.17) is 22.0 Å². The second-order valence-electron chi connectivity index (χ2n) is 3.70. The predicted molar refractivity (Wildman–Crippen MR) is 70.0 cm³/mol. The first-order valence-electron chi connectivity index (χ1n) is 5.48. The fraction of sp³-hybridized carbons (Fsp3) is 0.250. The van der Waals surface area contributed by atoms with Crippen molar-refractivity contribution in [2.24, 2.45) is 0 Å². The molecule has 0 saturated carbocycles. The van der Waals surface area contributed by atoms with Gasteiger partial charge < -0.3 is 15.7 Å². The summed E-state index contributed by atoms with van der Waals surface area (Å²) in [6.07, 6.45) is 0.259. The van der Waals surface area contributed by atoms with Gasteiger partial charge in [-0.25, -0.2) is 9.59 Å². The molecule has 2 amide bonds. The van der Waals surface area contributed by atoms with Crippen LogP contribution in [0.15, 0.2) is 18.2 Å². The summed E-state index contributed by atoms with van der Waals surface area (Å²) in [5.74, 6) is -1.12. The Morgan fingerprint density at radius 2 is 2.21 bits per heavy atom. The molecule has 0 saturated heterocycles. The average Bonchev–Trinajstić information content (AvgIpc) is 2.38. The summed E-state index contributed by atoms with van der Waals surface area (Å²) < 4.78 is 0. The molecule has 0 aromatic heterocycles. The Kier molecular flexibility index (Phi) is 5.15. The number of amides is 2. The number of nitrogens with one attached hydrogen (secondary N) is 2. The van der Waals surface area contributed by atoms with Crippen LogP contribution in [0.4, 0.5) is 10.5 Å². The summed E-state index contributed by atoms with van der Waals surface area (Å²) in [6.45, 7) is 1.64. The number of halogens is 1. The van der Waals surface area contributed by atoms with Crippen molar-refractivity contribution in [1.82, 2.24) is 5.32 Å². The first kappa shape index (κ1) is 14.8. The van der Waals surface area contributed by atoms with Gasteiger partial charge in [0.15, 0.2) is 0 Å². The van der Waals surface area contributed by atoms with Crippen LogP contribution in [0.2, 0.25) is 5.02 Å². The molecule has 0 fully saturated rings. The lowest BCUT2D eigenvalue weighted by atomic mass is 10.2. The van der Waals surface area contributed by atoms with Crippen molar-refractivity contribution in [2.75, 3.05) is 5.32 Å². The van der Waals surface area contributed by atoms with Gasteiger partial charge >= 0.3 is 12.0 Å². The minimum atomic E-state index is -1.12. The molecule has 7 heteroatoms. The number of aliphatic carboxylic acids is 1. The molecule has 100 valence electrons. The van der Waals surface area contributed by atoms with Gasteiger partial charge in [0, 0.05) is 0 Å². The summed E-state index contributed by atoms with van der Waals surface area (Å²) >= 11 is 5.86. The smallest absolute Gasteiger partial charge is 0.326 e. The Hall–Kier alpha value is -2.26. The molecule has 6 nitrogen and oxygen atoms in total. The summed E-state index contributed by atoms with van der Waals surface area (Å²) in [5, 5.41) is 22.5. The van der Waals surface area contributed by atoms with Crippen molar-refractivity contribution < 1.29 is 14.7 Å². The molecule has 3 N–H and O–H groups in total. The SMILES string of the molecule is CC[C@@H](NC(=O)Nc1cc(C#N)ccc1Cl)C(=O)O. The third kappa shape index (κ3) is 4.16. The van der Waals surface area contributed by atoms with Crippen molar-refractivity contribution >= 4 is 29.3 Å². The molecule has 1 aromatic carbocycles. The number of hydrogen-bond donors (Lipinski definition) is 3. The van der Waals surface area contributed by atoms with Crippen molar-refractivity contribution in [3.8, 4) is 6.07 Å². The zero-order valence-electron chi connectivity index (χ0n) is 10.1. The minimum Gasteiger partial charge on any atom is -0.480 e. The Morgan fingerprint density at radius 3 is 2.74 bits per heavy atom. The average molecular weight is 282 g/mol. The Balaban J connectivity index is 2.77. The maximum Gasteiger partial charge on any atom is 0.326 e. The second kappa shape index (κ2) is 6.61. The van der Waals surface area contributed by atoms with Crippen LogP contribution in [-0.2, 0) is 4.79 Å². The van der Waals surface area contributed by atoms with E-state index in [-0.39, 0.29) is 17.1 Å². The lowest BCUT2D eigenvalue weighted by Crippen LogP contribution is -2.42. The molecule has 0 aliphatic carbocycles. The van der Waals surface area contributed by atoms with Crippen LogP contribution in [0.5, 0.6) is 0 Å². The van der Waals surface area contributed by atoms with Crippen LogP contribution in [-0.4, -0.2) is 23.1 Å². The van der Waals surface area contributed by atoms with Gasteiger partial charge in [0.25, 0.3) is 0 Å². The topological polar surface area (TPSA) is 102 Å². The number of nitrogens with zero attached hydrogens (tertiary/aromatic N) is 1. The highest BCUT2D eigenvalue weighted by Gasteiger charge is 2.17. The lowest BCUT2D eigenvalue weighted by Gasteiger charge is -2.13. The summed E-state index contributed by atoms with van der Waals surface area (Å²) in [5.41, 5.74) is 0.587. The Bertz CT molecular complexity index is 540. The minimum absolute atomic E-state index is 0.249. The molecule has 0 aliphatic heterocycles. The molecule has 1 aromatic rings. The van der Waals surface area contributed by atoms with Gasteiger partial charge in [-0.3, -0.25) is 0 Å². The maximum absolute atomic E-state index is 11.6. The van der Waals surface area contributed by atoms with Crippen molar-refractivity contribution in [3.63, 3.8) is 0 Å². The van der Waals surface area contributed by atoms with Gasteiger partial charge in [-0.05, 0) is 24.6 Å². The number of urea groups is 1. The van der Waals surface area contributed by atoms with Crippen molar-refractivity contribution in [1.29, 1.82) is 5.26 Å². The highest BCUT2D eigenvalue weighted by atomic mass is 35.5. The van der Waals surface area contributed by atoms with Gasteiger partial charge in [0.2, 0.25) is 0 Å². The number of carbonyl (C=O) groups is 2. The van der Waals surface area contributed by atoms with E-state index in [1.54, 1.807) is 6.92 Å². The van der Waals surface area contributed by atoms with E-state index in [0.29, 0.717) is 5.56 Å². The van der Waals surface area contributed by atoms with E-state index >= 15 is 0 Å². The number of nitriles is 1. The lowest BCUT2D eigenvalue weighted by molar-refractivity contribution is -0.139. The highest BCUT2D eigenvalue weighted by molar-refractivity contribution is 6.33. The van der Waals surface area contributed by atoms with Crippen LogP contribution in [0, 0.1) is 11.3 Å². The van der Waals surface area contributed by atoms with Gasteiger partial charge in [-0.2, -0.15) is 5.26 Å². The molecule has 1 atom stereocenters.